The third-order valence-corrected chi connectivity index (χ3v) is 5.46. The number of halogens is 2. The standard InChI is InChI=1S/C18H16FN5O.C8H7FO/c1-10-7-14(19)5-4-12(10)8-13-9-21-24-16(13)22-18(20)23-17(24)15-6-3-11(2)25-15;1-6-4-8(9)3-2-7(6)5-10/h3-7,9H,8H2,1-2H3,(H2,20,22);2-5H,1H3. The Morgan fingerprint density at radius 3 is 2.29 bits per heavy atom. The Bertz CT molecular complexity index is 1520. The van der Waals surface area contributed by atoms with Gasteiger partial charge in [0.25, 0.3) is 0 Å². The summed E-state index contributed by atoms with van der Waals surface area (Å²) in [7, 11) is 0. The van der Waals surface area contributed by atoms with Crippen molar-refractivity contribution in [3.63, 3.8) is 0 Å². The molecule has 2 N–H and O–H groups in total. The van der Waals surface area contributed by atoms with Crippen LogP contribution in [0.1, 0.15) is 38.4 Å². The Morgan fingerprint density at radius 1 is 0.943 bits per heavy atom. The van der Waals surface area contributed by atoms with Gasteiger partial charge in [0.05, 0.1) is 6.20 Å². The molecule has 0 bridgehead atoms. The van der Waals surface area contributed by atoms with Crippen molar-refractivity contribution in [1.29, 1.82) is 0 Å². The van der Waals surface area contributed by atoms with Crippen molar-refractivity contribution in [3.8, 4) is 11.6 Å². The Kier molecular flexibility index (Phi) is 6.68. The largest absolute Gasteiger partial charge is 0.458 e. The maximum absolute atomic E-state index is 13.3. The van der Waals surface area contributed by atoms with E-state index in [0.29, 0.717) is 34.8 Å². The van der Waals surface area contributed by atoms with E-state index < -0.39 is 0 Å². The predicted octanol–water partition coefficient (Wildman–Crippen LogP) is 5.26. The first-order chi connectivity index (χ1) is 16.7. The molecule has 0 amide bonds. The molecule has 0 aliphatic carbocycles. The summed E-state index contributed by atoms with van der Waals surface area (Å²) in [6.07, 6.45) is 3.02. The van der Waals surface area contributed by atoms with Crippen molar-refractivity contribution in [2.24, 2.45) is 0 Å². The van der Waals surface area contributed by atoms with Crippen LogP contribution in [-0.4, -0.2) is 25.9 Å². The zero-order valence-corrected chi connectivity index (χ0v) is 19.4. The lowest BCUT2D eigenvalue weighted by atomic mass is 10.0. The lowest BCUT2D eigenvalue weighted by Gasteiger charge is -2.06. The monoisotopic (exact) mass is 475 g/mol. The highest BCUT2D eigenvalue weighted by molar-refractivity contribution is 5.76. The molecule has 2 aromatic carbocycles. The second kappa shape index (κ2) is 9.84. The van der Waals surface area contributed by atoms with Gasteiger partial charge in [-0.05, 0) is 79.9 Å². The number of rotatable bonds is 4. The van der Waals surface area contributed by atoms with Crippen LogP contribution in [0.3, 0.4) is 0 Å². The molecule has 0 atom stereocenters. The Labute approximate surface area is 200 Å². The number of nitrogens with two attached hydrogens (primary N) is 1. The van der Waals surface area contributed by atoms with Gasteiger partial charge in [0, 0.05) is 17.5 Å². The fourth-order valence-corrected chi connectivity index (χ4v) is 3.61. The first-order valence-electron chi connectivity index (χ1n) is 10.8. The molecule has 0 spiro atoms. The molecule has 0 unspecified atom stereocenters. The van der Waals surface area contributed by atoms with Gasteiger partial charge >= 0.3 is 0 Å². The van der Waals surface area contributed by atoms with Crippen LogP contribution in [0, 0.1) is 32.4 Å². The van der Waals surface area contributed by atoms with Gasteiger partial charge in [-0.1, -0.05) is 6.07 Å². The number of furan rings is 1. The molecular weight excluding hydrogens is 452 g/mol. The molecule has 0 radical (unpaired) electrons. The number of carbonyl (C=O) groups is 1. The molecule has 7 nitrogen and oxygen atoms in total. The summed E-state index contributed by atoms with van der Waals surface area (Å²) in [4.78, 5) is 18.8. The Balaban J connectivity index is 0.000000243. The van der Waals surface area contributed by atoms with E-state index in [-0.39, 0.29) is 17.6 Å². The minimum Gasteiger partial charge on any atom is -0.458 e. The topological polar surface area (TPSA) is 99.3 Å². The third kappa shape index (κ3) is 5.24. The smallest absolute Gasteiger partial charge is 0.224 e. The van der Waals surface area contributed by atoms with Gasteiger partial charge in [0.15, 0.2) is 11.4 Å². The Hall–Kier alpha value is -4.40. The minimum absolute atomic E-state index is 0.147. The van der Waals surface area contributed by atoms with Crippen LogP contribution >= 0.6 is 0 Å². The number of anilines is 1. The van der Waals surface area contributed by atoms with Gasteiger partial charge in [0.1, 0.15) is 23.7 Å². The maximum Gasteiger partial charge on any atom is 0.224 e. The quantitative estimate of drug-likeness (QED) is 0.356. The van der Waals surface area contributed by atoms with Crippen molar-refractivity contribution >= 4 is 17.9 Å². The molecular formula is C26H23F2N5O2. The van der Waals surface area contributed by atoms with E-state index in [1.165, 1.54) is 30.3 Å². The van der Waals surface area contributed by atoms with Crippen LogP contribution in [0.5, 0.6) is 0 Å². The fourth-order valence-electron chi connectivity index (χ4n) is 3.61. The number of fused-ring (bicyclic) bond motifs is 1. The van der Waals surface area contributed by atoms with Crippen molar-refractivity contribution < 1.29 is 18.0 Å². The van der Waals surface area contributed by atoms with E-state index in [2.05, 4.69) is 15.1 Å². The molecule has 0 aliphatic heterocycles. The maximum atomic E-state index is 13.3. The molecule has 0 aliphatic rings. The molecule has 5 aromatic rings. The zero-order valence-electron chi connectivity index (χ0n) is 19.4. The highest BCUT2D eigenvalue weighted by Gasteiger charge is 2.16. The molecule has 178 valence electrons. The summed E-state index contributed by atoms with van der Waals surface area (Å²) in [5, 5.41) is 4.39. The van der Waals surface area contributed by atoms with Gasteiger partial charge in [-0.15, -0.1) is 0 Å². The number of nitrogens with zero attached hydrogens (tertiary/aromatic N) is 4. The van der Waals surface area contributed by atoms with E-state index in [1.807, 2.05) is 26.0 Å². The van der Waals surface area contributed by atoms with Crippen molar-refractivity contribution in [2.75, 3.05) is 5.73 Å². The normalized spacial score (nSPS) is 10.8. The zero-order chi connectivity index (χ0) is 25.1. The summed E-state index contributed by atoms with van der Waals surface area (Å²) in [5.41, 5.74) is 10.5. The molecule has 0 fully saturated rings. The van der Waals surface area contributed by atoms with Crippen molar-refractivity contribution in [2.45, 2.75) is 27.2 Å². The average Bonchev–Trinajstić information content (AvgIpc) is 3.42. The predicted molar refractivity (Wildman–Crippen MR) is 128 cm³/mol. The molecule has 9 heteroatoms. The molecule has 0 saturated carbocycles. The van der Waals surface area contributed by atoms with E-state index >= 15 is 0 Å². The highest BCUT2D eigenvalue weighted by Crippen LogP contribution is 2.24. The van der Waals surface area contributed by atoms with E-state index in [4.69, 9.17) is 10.2 Å². The van der Waals surface area contributed by atoms with Crippen LogP contribution in [0.15, 0.2) is 59.1 Å². The molecule has 35 heavy (non-hydrogen) atoms. The second-order valence-electron chi connectivity index (χ2n) is 8.09. The fraction of sp³-hybridized carbons (Fsp3) is 0.154. The van der Waals surface area contributed by atoms with E-state index in [9.17, 15) is 13.6 Å². The highest BCUT2D eigenvalue weighted by atomic mass is 19.1. The van der Waals surface area contributed by atoms with Gasteiger partial charge in [0.2, 0.25) is 11.8 Å². The molecule has 0 saturated heterocycles. The van der Waals surface area contributed by atoms with Crippen molar-refractivity contribution in [3.05, 3.63) is 99.9 Å². The summed E-state index contributed by atoms with van der Waals surface area (Å²) < 4.78 is 32.9. The number of aryl methyl sites for hydroxylation is 3. The lowest BCUT2D eigenvalue weighted by molar-refractivity contribution is 0.112. The van der Waals surface area contributed by atoms with Crippen molar-refractivity contribution in [1.82, 2.24) is 19.6 Å². The van der Waals surface area contributed by atoms with E-state index in [1.54, 1.807) is 23.7 Å². The van der Waals surface area contributed by atoms with Crippen LogP contribution in [0.25, 0.3) is 17.2 Å². The first-order valence-corrected chi connectivity index (χ1v) is 10.8. The Morgan fingerprint density at radius 2 is 1.66 bits per heavy atom. The SMILES string of the molecule is Cc1cc(F)ccc1C=O.Cc1ccc(-c2nc(N)nc3c(Cc4ccc(F)cc4C)cnn23)o1. The van der Waals surface area contributed by atoms with Crippen LogP contribution in [0.4, 0.5) is 14.7 Å². The second-order valence-corrected chi connectivity index (χ2v) is 8.09. The third-order valence-electron chi connectivity index (χ3n) is 5.46. The van der Waals surface area contributed by atoms with Gasteiger partial charge in [-0.2, -0.15) is 19.6 Å². The van der Waals surface area contributed by atoms with Crippen LogP contribution in [0.2, 0.25) is 0 Å². The van der Waals surface area contributed by atoms with E-state index in [0.717, 1.165) is 28.7 Å². The average molecular weight is 475 g/mol. The first kappa shape index (κ1) is 23.7. The number of aromatic nitrogens is 4. The molecule has 3 heterocycles. The molecule has 3 aromatic heterocycles. The minimum atomic E-state index is -0.303. The number of aldehydes is 1. The lowest BCUT2D eigenvalue weighted by Crippen LogP contribution is -2.05. The molecule has 5 rings (SSSR count). The number of nitrogen functional groups attached to an aromatic ring is 1. The van der Waals surface area contributed by atoms with Gasteiger partial charge < -0.3 is 10.2 Å². The van der Waals surface area contributed by atoms with Crippen LogP contribution < -0.4 is 5.73 Å². The summed E-state index contributed by atoms with van der Waals surface area (Å²) in [6, 6.07) is 12.5. The summed E-state index contributed by atoms with van der Waals surface area (Å²) in [5.74, 6) is 1.44. The summed E-state index contributed by atoms with van der Waals surface area (Å²) >= 11 is 0. The van der Waals surface area contributed by atoms with Crippen LogP contribution in [-0.2, 0) is 6.42 Å². The number of benzene rings is 2. The summed E-state index contributed by atoms with van der Waals surface area (Å²) in [6.45, 7) is 5.44. The number of hydrogen-bond donors (Lipinski definition) is 1. The van der Waals surface area contributed by atoms with Gasteiger partial charge in [-0.3, -0.25) is 4.79 Å². The number of hydrogen-bond acceptors (Lipinski definition) is 6. The number of carbonyl (C=O) groups excluding carboxylic acids is 1. The van der Waals surface area contributed by atoms with Gasteiger partial charge in [-0.25, -0.2) is 8.78 Å².